The Morgan fingerprint density at radius 1 is 1.47 bits per heavy atom. The number of nitrogens with two attached hydrogens (primary N) is 1. The van der Waals surface area contributed by atoms with Crippen LogP contribution in [-0.4, -0.2) is 48.4 Å². The summed E-state index contributed by atoms with van der Waals surface area (Å²) in [6.07, 6.45) is 1.67. The maximum atomic E-state index is 7.33. The smallest absolute Gasteiger partial charge is 0.128 e. The summed E-state index contributed by atoms with van der Waals surface area (Å²) in [7, 11) is 2.15. The van der Waals surface area contributed by atoms with Gasteiger partial charge in [0, 0.05) is 37.4 Å². The van der Waals surface area contributed by atoms with Gasteiger partial charge in [-0.25, -0.2) is 4.98 Å². The minimum absolute atomic E-state index is 0.0656. The molecule has 0 spiro atoms. The Kier molecular flexibility index (Phi) is 3.28. The fourth-order valence-corrected chi connectivity index (χ4v) is 1.99. The van der Waals surface area contributed by atoms with Crippen LogP contribution in [0.5, 0.6) is 0 Å². The second kappa shape index (κ2) is 4.71. The van der Waals surface area contributed by atoms with Gasteiger partial charge in [-0.1, -0.05) is 0 Å². The fourth-order valence-electron chi connectivity index (χ4n) is 1.99. The maximum absolute atomic E-state index is 7.33. The number of likely N-dealkylation sites (N-methyl/N-ethyl adjacent to an activating group) is 1. The van der Waals surface area contributed by atoms with E-state index < -0.39 is 0 Å². The van der Waals surface area contributed by atoms with E-state index in [0.717, 1.165) is 25.5 Å². The van der Waals surface area contributed by atoms with Crippen LogP contribution in [0.3, 0.4) is 0 Å². The first kappa shape index (κ1) is 11.9. The maximum Gasteiger partial charge on any atom is 0.128 e. The Bertz CT molecular complexity index is 400. The van der Waals surface area contributed by atoms with E-state index in [4.69, 9.17) is 11.1 Å². The van der Waals surface area contributed by atoms with E-state index in [0.29, 0.717) is 11.6 Å². The average Bonchev–Trinajstić information content (AvgIpc) is 2.33. The summed E-state index contributed by atoms with van der Waals surface area (Å²) in [5.74, 6) is 1.03. The van der Waals surface area contributed by atoms with Crippen molar-refractivity contribution in [2.45, 2.75) is 13.0 Å². The summed E-state index contributed by atoms with van der Waals surface area (Å²) >= 11 is 0. The lowest BCUT2D eigenvalue weighted by molar-refractivity contribution is 0.233. The number of piperazine rings is 1. The monoisotopic (exact) mass is 233 g/mol. The van der Waals surface area contributed by atoms with Crippen molar-refractivity contribution >= 4 is 11.7 Å². The van der Waals surface area contributed by atoms with Crippen molar-refractivity contribution in [1.82, 2.24) is 9.88 Å². The molecule has 1 aliphatic rings. The Morgan fingerprint density at radius 3 is 2.76 bits per heavy atom. The number of nitrogens with zero attached hydrogens (tertiary/aromatic N) is 3. The summed E-state index contributed by atoms with van der Waals surface area (Å²) in [6, 6.07) is 4.33. The summed E-state index contributed by atoms with van der Waals surface area (Å²) in [6.45, 7) is 5.25. The zero-order valence-electron chi connectivity index (χ0n) is 10.3. The van der Waals surface area contributed by atoms with E-state index >= 15 is 0 Å². The molecule has 0 saturated carbocycles. The van der Waals surface area contributed by atoms with E-state index in [1.165, 1.54) is 0 Å². The summed E-state index contributed by atoms with van der Waals surface area (Å²) in [5.41, 5.74) is 6.08. The molecule has 17 heavy (non-hydrogen) atoms. The topological polar surface area (TPSA) is 69.2 Å². The molecule has 1 atom stereocenters. The molecule has 0 bridgehead atoms. The quantitative estimate of drug-likeness (QED) is 0.577. The van der Waals surface area contributed by atoms with Crippen molar-refractivity contribution in [2.75, 3.05) is 31.6 Å². The predicted molar refractivity (Wildman–Crippen MR) is 69.6 cm³/mol. The first-order valence-corrected chi connectivity index (χ1v) is 5.83. The molecule has 1 unspecified atom stereocenters. The highest BCUT2D eigenvalue weighted by Crippen LogP contribution is 2.16. The molecule has 1 fully saturated rings. The van der Waals surface area contributed by atoms with Gasteiger partial charge in [0.15, 0.2) is 0 Å². The Balaban J connectivity index is 2.10. The number of aromatic nitrogens is 1. The molecule has 0 amide bonds. The minimum Gasteiger partial charge on any atom is -0.384 e. The number of hydrogen-bond acceptors (Lipinski definition) is 4. The first-order valence-electron chi connectivity index (χ1n) is 5.83. The van der Waals surface area contributed by atoms with Gasteiger partial charge in [-0.15, -0.1) is 0 Å². The fraction of sp³-hybridized carbons (Fsp3) is 0.500. The molecule has 1 aromatic heterocycles. The minimum atomic E-state index is 0.0656. The highest BCUT2D eigenvalue weighted by Gasteiger charge is 2.21. The number of hydrogen-bond donors (Lipinski definition) is 2. The van der Waals surface area contributed by atoms with Gasteiger partial charge in [0.1, 0.15) is 11.7 Å². The van der Waals surface area contributed by atoms with Crippen molar-refractivity contribution in [1.29, 1.82) is 5.41 Å². The van der Waals surface area contributed by atoms with E-state index in [1.807, 2.05) is 12.1 Å². The van der Waals surface area contributed by atoms with Crippen LogP contribution in [0.15, 0.2) is 18.3 Å². The molecule has 2 rings (SSSR count). The van der Waals surface area contributed by atoms with Crippen molar-refractivity contribution in [3.8, 4) is 0 Å². The van der Waals surface area contributed by atoms with E-state index in [2.05, 4.69) is 28.8 Å². The van der Waals surface area contributed by atoms with Crippen molar-refractivity contribution in [2.24, 2.45) is 5.73 Å². The second-order valence-corrected chi connectivity index (χ2v) is 4.59. The summed E-state index contributed by atoms with van der Waals surface area (Å²) in [4.78, 5) is 8.99. The highest BCUT2D eigenvalue weighted by molar-refractivity contribution is 5.94. The van der Waals surface area contributed by atoms with Crippen molar-refractivity contribution < 1.29 is 0 Å². The van der Waals surface area contributed by atoms with Gasteiger partial charge >= 0.3 is 0 Å². The van der Waals surface area contributed by atoms with Crippen LogP contribution in [0.25, 0.3) is 0 Å². The largest absolute Gasteiger partial charge is 0.384 e. The molecule has 0 aliphatic carbocycles. The van der Waals surface area contributed by atoms with Gasteiger partial charge in [0.2, 0.25) is 0 Å². The average molecular weight is 233 g/mol. The summed E-state index contributed by atoms with van der Waals surface area (Å²) in [5, 5.41) is 7.33. The second-order valence-electron chi connectivity index (χ2n) is 4.59. The Labute approximate surface area is 102 Å². The van der Waals surface area contributed by atoms with Gasteiger partial charge in [-0.3, -0.25) is 5.41 Å². The van der Waals surface area contributed by atoms with Crippen LogP contribution in [0, 0.1) is 5.41 Å². The zero-order valence-corrected chi connectivity index (χ0v) is 10.3. The third-order valence-electron chi connectivity index (χ3n) is 3.34. The molecule has 2 heterocycles. The number of rotatable bonds is 2. The molecule has 1 saturated heterocycles. The normalized spacial score (nSPS) is 21.5. The molecule has 92 valence electrons. The standard InChI is InChI=1S/C12H19N5/c1-9-8-17(6-5-16(9)2)11-4-3-10(7-15-11)12(13)14/h3-4,7,9H,5-6,8H2,1-2H3,(H3,13,14). The molecule has 0 radical (unpaired) electrons. The van der Waals surface area contributed by atoms with Gasteiger partial charge in [0.25, 0.3) is 0 Å². The third-order valence-corrected chi connectivity index (χ3v) is 3.34. The molecule has 0 aromatic carbocycles. The highest BCUT2D eigenvalue weighted by atomic mass is 15.3. The lowest BCUT2D eigenvalue weighted by Crippen LogP contribution is -2.50. The predicted octanol–water partition coefficient (Wildman–Crippen LogP) is 0.506. The summed E-state index contributed by atoms with van der Waals surface area (Å²) < 4.78 is 0. The molecule has 1 aliphatic heterocycles. The van der Waals surface area contributed by atoms with Gasteiger partial charge < -0.3 is 15.5 Å². The van der Waals surface area contributed by atoms with Crippen molar-refractivity contribution in [3.05, 3.63) is 23.9 Å². The van der Waals surface area contributed by atoms with Crippen LogP contribution in [0.1, 0.15) is 12.5 Å². The van der Waals surface area contributed by atoms with Crippen LogP contribution < -0.4 is 10.6 Å². The number of nitrogen functional groups attached to an aromatic ring is 1. The molecule has 1 aromatic rings. The van der Waals surface area contributed by atoms with Crippen LogP contribution in [0.4, 0.5) is 5.82 Å². The number of anilines is 1. The zero-order chi connectivity index (χ0) is 12.4. The molecule has 5 heteroatoms. The Morgan fingerprint density at radius 2 is 2.24 bits per heavy atom. The van der Waals surface area contributed by atoms with Crippen LogP contribution in [-0.2, 0) is 0 Å². The number of amidine groups is 1. The molecule has 5 nitrogen and oxygen atoms in total. The number of nitrogens with one attached hydrogen (secondary N) is 1. The first-order chi connectivity index (χ1) is 8.08. The van der Waals surface area contributed by atoms with Crippen LogP contribution >= 0.6 is 0 Å². The number of pyridine rings is 1. The lowest BCUT2D eigenvalue weighted by atomic mass is 10.2. The molecular weight excluding hydrogens is 214 g/mol. The Hall–Kier alpha value is -1.62. The lowest BCUT2D eigenvalue weighted by Gasteiger charge is -2.38. The molecule has 3 N–H and O–H groups in total. The molecular formula is C12H19N5. The van der Waals surface area contributed by atoms with Gasteiger partial charge in [-0.2, -0.15) is 0 Å². The van der Waals surface area contributed by atoms with E-state index in [-0.39, 0.29) is 5.84 Å². The van der Waals surface area contributed by atoms with E-state index in [1.54, 1.807) is 6.20 Å². The van der Waals surface area contributed by atoms with Crippen LogP contribution in [0.2, 0.25) is 0 Å². The SMILES string of the molecule is CC1CN(c2ccc(C(=N)N)cn2)CCN1C. The van der Waals surface area contributed by atoms with Gasteiger partial charge in [0.05, 0.1) is 0 Å². The van der Waals surface area contributed by atoms with Crippen molar-refractivity contribution in [3.63, 3.8) is 0 Å². The van der Waals surface area contributed by atoms with E-state index in [9.17, 15) is 0 Å². The third kappa shape index (κ3) is 2.55. The van der Waals surface area contributed by atoms with Gasteiger partial charge in [-0.05, 0) is 26.1 Å².